The molecule has 0 bridgehead atoms. The minimum Gasteiger partial charge on any atom is -0.497 e. The van der Waals surface area contributed by atoms with E-state index in [4.69, 9.17) is 4.74 Å². The van der Waals surface area contributed by atoms with E-state index in [1.54, 1.807) is 13.3 Å². The predicted octanol–water partition coefficient (Wildman–Crippen LogP) is 5.48. The third kappa shape index (κ3) is 6.20. The maximum atomic E-state index is 12.4. The number of nitrogens with zero attached hydrogens (tertiary/aromatic N) is 4. The van der Waals surface area contributed by atoms with Crippen molar-refractivity contribution in [1.82, 2.24) is 20.2 Å². The first kappa shape index (κ1) is 25.2. The number of benzene rings is 3. The summed E-state index contributed by atoms with van der Waals surface area (Å²) < 4.78 is 7.12. The van der Waals surface area contributed by atoms with Gasteiger partial charge in [-0.05, 0) is 52.9 Å². The van der Waals surface area contributed by atoms with Crippen LogP contribution in [0.5, 0.6) is 5.75 Å². The summed E-state index contributed by atoms with van der Waals surface area (Å²) in [6, 6.07) is 25.7. The van der Waals surface area contributed by atoms with E-state index in [2.05, 4.69) is 65.8 Å². The summed E-state index contributed by atoms with van der Waals surface area (Å²) in [4.78, 5) is 12.4. The maximum absolute atomic E-state index is 12.4. The number of thioether (sulfide) groups is 1. The SMILES string of the molecule is COc1ccc(/C=N/NC(=O)CSc2nnc(-c3ccc(C(C)(C)C)cc3)n2-c2ccccc2)cc1. The first-order chi connectivity index (χ1) is 17.3. The molecule has 1 aromatic heterocycles. The van der Waals surface area contributed by atoms with Crippen LogP contribution in [-0.2, 0) is 10.2 Å². The molecule has 0 unspecified atom stereocenters. The van der Waals surface area contributed by atoms with E-state index in [1.807, 2.05) is 59.2 Å². The molecule has 1 heterocycles. The average molecular weight is 500 g/mol. The summed E-state index contributed by atoms with van der Waals surface area (Å²) >= 11 is 1.31. The zero-order valence-electron chi connectivity index (χ0n) is 20.8. The Hall–Kier alpha value is -3.91. The lowest BCUT2D eigenvalue weighted by molar-refractivity contribution is -0.118. The topological polar surface area (TPSA) is 81.4 Å². The minimum absolute atomic E-state index is 0.0653. The Morgan fingerprint density at radius 1 is 1.00 bits per heavy atom. The summed E-state index contributed by atoms with van der Waals surface area (Å²) in [6.07, 6.45) is 1.59. The number of carbonyl (C=O) groups is 1. The molecule has 0 saturated carbocycles. The van der Waals surface area contributed by atoms with E-state index in [-0.39, 0.29) is 17.1 Å². The molecule has 0 aliphatic rings. The number of nitrogens with one attached hydrogen (secondary N) is 1. The Bertz CT molecular complexity index is 1330. The van der Waals surface area contributed by atoms with E-state index in [0.717, 1.165) is 28.4 Å². The van der Waals surface area contributed by atoms with Gasteiger partial charge in [0.15, 0.2) is 11.0 Å². The van der Waals surface area contributed by atoms with Crippen molar-refractivity contribution in [2.75, 3.05) is 12.9 Å². The number of amides is 1. The molecule has 0 radical (unpaired) electrons. The molecule has 4 rings (SSSR count). The molecule has 3 aromatic carbocycles. The molecule has 7 nitrogen and oxygen atoms in total. The van der Waals surface area contributed by atoms with Gasteiger partial charge in [-0.25, -0.2) is 5.43 Å². The van der Waals surface area contributed by atoms with Crippen molar-refractivity contribution in [3.05, 3.63) is 90.0 Å². The third-order valence-electron chi connectivity index (χ3n) is 5.51. The van der Waals surface area contributed by atoms with Crippen molar-refractivity contribution < 1.29 is 9.53 Å². The van der Waals surface area contributed by atoms with Crippen LogP contribution in [0.1, 0.15) is 31.9 Å². The van der Waals surface area contributed by atoms with Crippen molar-refractivity contribution in [3.63, 3.8) is 0 Å². The number of ether oxygens (including phenoxy) is 1. The van der Waals surface area contributed by atoms with Crippen molar-refractivity contribution in [2.24, 2.45) is 5.10 Å². The van der Waals surface area contributed by atoms with Crippen LogP contribution in [0, 0.1) is 0 Å². The smallest absolute Gasteiger partial charge is 0.250 e. The molecule has 36 heavy (non-hydrogen) atoms. The average Bonchev–Trinajstić information content (AvgIpc) is 3.32. The number of methoxy groups -OCH3 is 1. The fourth-order valence-electron chi connectivity index (χ4n) is 3.51. The summed E-state index contributed by atoms with van der Waals surface area (Å²) in [5.74, 6) is 1.40. The van der Waals surface area contributed by atoms with E-state index in [9.17, 15) is 4.79 Å². The molecule has 0 atom stereocenters. The summed E-state index contributed by atoms with van der Waals surface area (Å²) in [5.41, 5.74) is 6.63. The summed E-state index contributed by atoms with van der Waals surface area (Å²) in [5, 5.41) is 13.6. The van der Waals surface area contributed by atoms with Crippen LogP contribution in [0.15, 0.2) is 89.1 Å². The monoisotopic (exact) mass is 499 g/mol. The number of aromatic nitrogens is 3. The lowest BCUT2D eigenvalue weighted by Gasteiger charge is -2.19. The highest BCUT2D eigenvalue weighted by molar-refractivity contribution is 7.99. The quantitative estimate of drug-likeness (QED) is 0.197. The van der Waals surface area contributed by atoms with Gasteiger partial charge in [-0.1, -0.05) is 75.0 Å². The van der Waals surface area contributed by atoms with Crippen LogP contribution < -0.4 is 10.2 Å². The van der Waals surface area contributed by atoms with Gasteiger partial charge in [-0.15, -0.1) is 10.2 Å². The molecule has 0 aliphatic heterocycles. The minimum atomic E-state index is -0.233. The molecule has 0 aliphatic carbocycles. The van der Waals surface area contributed by atoms with Crippen molar-refractivity contribution >= 4 is 23.9 Å². The standard InChI is InChI=1S/C28H29N5O2S/c1-28(2,3)22-14-12-21(13-15-22)26-31-32-27(33(26)23-8-6-5-7-9-23)36-19-25(34)30-29-18-20-10-16-24(35-4)17-11-20/h5-18H,19H2,1-4H3,(H,30,34)/b29-18+. The van der Waals surface area contributed by atoms with Crippen LogP contribution in [0.4, 0.5) is 0 Å². The molecule has 1 amide bonds. The number of rotatable bonds is 8. The Kier molecular flexibility index (Phi) is 7.85. The molecule has 184 valence electrons. The van der Waals surface area contributed by atoms with Gasteiger partial charge >= 0.3 is 0 Å². The van der Waals surface area contributed by atoms with Crippen LogP contribution in [0.3, 0.4) is 0 Å². The number of hydrazone groups is 1. The van der Waals surface area contributed by atoms with Crippen molar-refractivity contribution in [2.45, 2.75) is 31.3 Å². The van der Waals surface area contributed by atoms with E-state index in [1.165, 1.54) is 17.3 Å². The highest BCUT2D eigenvalue weighted by Crippen LogP contribution is 2.30. The second-order valence-corrected chi connectivity index (χ2v) is 10.1. The number of hydrogen-bond acceptors (Lipinski definition) is 6. The van der Waals surface area contributed by atoms with Gasteiger partial charge in [-0.2, -0.15) is 5.10 Å². The predicted molar refractivity (Wildman–Crippen MR) is 145 cm³/mol. The lowest BCUT2D eigenvalue weighted by atomic mass is 9.87. The molecule has 0 saturated heterocycles. The van der Waals surface area contributed by atoms with Gasteiger partial charge in [0.25, 0.3) is 5.91 Å². The Labute approximate surface area is 215 Å². The third-order valence-corrected chi connectivity index (χ3v) is 6.44. The lowest BCUT2D eigenvalue weighted by Crippen LogP contribution is -2.20. The van der Waals surface area contributed by atoms with Gasteiger partial charge in [-0.3, -0.25) is 9.36 Å². The number of hydrogen-bond donors (Lipinski definition) is 1. The van der Waals surface area contributed by atoms with Crippen LogP contribution in [-0.4, -0.2) is 39.7 Å². The molecule has 1 N–H and O–H groups in total. The molecule has 0 fully saturated rings. The molecular weight excluding hydrogens is 470 g/mol. The molecule has 8 heteroatoms. The van der Waals surface area contributed by atoms with Gasteiger partial charge in [0.2, 0.25) is 0 Å². The maximum Gasteiger partial charge on any atom is 0.250 e. The Morgan fingerprint density at radius 3 is 2.33 bits per heavy atom. The van der Waals surface area contributed by atoms with Crippen molar-refractivity contribution in [3.8, 4) is 22.8 Å². The van der Waals surface area contributed by atoms with Gasteiger partial charge in [0.05, 0.1) is 19.1 Å². The van der Waals surface area contributed by atoms with E-state index < -0.39 is 0 Å². The molecular formula is C28H29N5O2S. The highest BCUT2D eigenvalue weighted by Gasteiger charge is 2.19. The molecule has 4 aromatic rings. The van der Waals surface area contributed by atoms with E-state index >= 15 is 0 Å². The Morgan fingerprint density at radius 2 is 1.69 bits per heavy atom. The van der Waals surface area contributed by atoms with Crippen LogP contribution in [0.2, 0.25) is 0 Å². The first-order valence-electron chi connectivity index (χ1n) is 11.6. The largest absolute Gasteiger partial charge is 0.497 e. The molecule has 0 spiro atoms. The second kappa shape index (κ2) is 11.2. The number of carbonyl (C=O) groups excluding carboxylic acids is 1. The summed E-state index contributed by atoms with van der Waals surface area (Å²) in [7, 11) is 1.62. The van der Waals surface area contributed by atoms with Crippen LogP contribution >= 0.6 is 11.8 Å². The van der Waals surface area contributed by atoms with Gasteiger partial charge < -0.3 is 4.74 Å². The normalized spacial score (nSPS) is 11.6. The first-order valence-corrected chi connectivity index (χ1v) is 12.5. The zero-order chi connectivity index (χ0) is 25.5. The fourth-order valence-corrected chi connectivity index (χ4v) is 4.25. The summed E-state index contributed by atoms with van der Waals surface area (Å²) in [6.45, 7) is 6.57. The van der Waals surface area contributed by atoms with Gasteiger partial charge in [0, 0.05) is 11.3 Å². The van der Waals surface area contributed by atoms with Crippen molar-refractivity contribution in [1.29, 1.82) is 0 Å². The van der Waals surface area contributed by atoms with Gasteiger partial charge in [0.1, 0.15) is 5.75 Å². The fraction of sp³-hybridized carbons (Fsp3) is 0.214. The highest BCUT2D eigenvalue weighted by atomic mass is 32.2. The van der Waals surface area contributed by atoms with Crippen LogP contribution in [0.25, 0.3) is 17.1 Å². The number of para-hydroxylation sites is 1. The second-order valence-electron chi connectivity index (χ2n) is 9.16. The Balaban J connectivity index is 1.49. The van der Waals surface area contributed by atoms with E-state index in [0.29, 0.717) is 5.16 Å². The zero-order valence-corrected chi connectivity index (χ0v) is 21.6.